The van der Waals surface area contributed by atoms with Crippen molar-refractivity contribution in [1.82, 2.24) is 15.0 Å². The van der Waals surface area contributed by atoms with E-state index in [0.717, 1.165) is 36.1 Å². The number of methoxy groups -OCH3 is 1. The van der Waals surface area contributed by atoms with Gasteiger partial charge in [0.25, 0.3) is 0 Å². The van der Waals surface area contributed by atoms with E-state index in [-0.39, 0.29) is 0 Å². The molecular weight excluding hydrogens is 334 g/mol. The van der Waals surface area contributed by atoms with Crippen LogP contribution in [0.25, 0.3) is 0 Å². The van der Waals surface area contributed by atoms with E-state index in [0.29, 0.717) is 11.9 Å². The van der Waals surface area contributed by atoms with Gasteiger partial charge in [0.1, 0.15) is 11.6 Å². The van der Waals surface area contributed by atoms with Crippen LogP contribution in [0.15, 0.2) is 48.2 Å². The maximum atomic E-state index is 5.37. The van der Waals surface area contributed by atoms with Crippen molar-refractivity contribution in [3.63, 3.8) is 0 Å². The van der Waals surface area contributed by atoms with E-state index in [1.54, 1.807) is 19.5 Å². The molecule has 25 heavy (non-hydrogen) atoms. The Labute approximate surface area is 150 Å². The van der Waals surface area contributed by atoms with Crippen LogP contribution in [-0.2, 0) is 0 Å². The average Bonchev–Trinajstić information content (AvgIpc) is 3.34. The number of thiazole rings is 1. The molecule has 1 aliphatic rings. The van der Waals surface area contributed by atoms with Gasteiger partial charge >= 0.3 is 0 Å². The van der Waals surface area contributed by atoms with E-state index in [1.165, 1.54) is 16.9 Å². The van der Waals surface area contributed by atoms with Crippen molar-refractivity contribution in [1.29, 1.82) is 0 Å². The quantitative estimate of drug-likeness (QED) is 0.747. The fraction of sp³-hybridized carbons (Fsp3) is 0.278. The Kier molecular flexibility index (Phi) is 4.47. The van der Waals surface area contributed by atoms with Crippen LogP contribution in [-0.4, -0.2) is 28.6 Å². The highest BCUT2D eigenvalue weighted by Crippen LogP contribution is 2.36. The van der Waals surface area contributed by atoms with Gasteiger partial charge in [-0.05, 0) is 30.5 Å². The predicted octanol–water partition coefficient (Wildman–Crippen LogP) is 4.03. The average molecular weight is 353 g/mol. The van der Waals surface area contributed by atoms with Crippen molar-refractivity contribution in [2.24, 2.45) is 0 Å². The summed E-state index contributed by atoms with van der Waals surface area (Å²) in [5.41, 5.74) is 1.25. The third-order valence-electron chi connectivity index (χ3n) is 4.31. The zero-order valence-corrected chi connectivity index (χ0v) is 14.7. The molecule has 0 spiro atoms. The maximum Gasteiger partial charge on any atom is 0.188 e. The SMILES string of the molecule is COc1cccc(C2CCCN2c2cncc(Nc3nccs3)n2)c1. The molecule has 128 valence electrons. The number of nitrogens with zero attached hydrogens (tertiary/aromatic N) is 4. The van der Waals surface area contributed by atoms with Gasteiger partial charge in [0, 0.05) is 18.1 Å². The topological polar surface area (TPSA) is 63.2 Å². The molecule has 1 fully saturated rings. The summed E-state index contributed by atoms with van der Waals surface area (Å²) in [6, 6.07) is 8.56. The van der Waals surface area contributed by atoms with Gasteiger partial charge in [-0.1, -0.05) is 12.1 Å². The summed E-state index contributed by atoms with van der Waals surface area (Å²) in [5.74, 6) is 2.48. The molecular formula is C18H19N5OS. The molecule has 1 aliphatic heterocycles. The lowest BCUT2D eigenvalue weighted by molar-refractivity contribution is 0.414. The molecule has 1 atom stereocenters. The van der Waals surface area contributed by atoms with Crippen LogP contribution in [0.4, 0.5) is 16.8 Å². The maximum absolute atomic E-state index is 5.37. The molecule has 3 heterocycles. The molecule has 6 nitrogen and oxygen atoms in total. The highest BCUT2D eigenvalue weighted by molar-refractivity contribution is 7.13. The second-order valence-electron chi connectivity index (χ2n) is 5.85. The van der Waals surface area contributed by atoms with Crippen LogP contribution in [0.5, 0.6) is 5.75 Å². The van der Waals surface area contributed by atoms with Crippen LogP contribution < -0.4 is 15.0 Å². The van der Waals surface area contributed by atoms with E-state index in [1.807, 2.05) is 23.7 Å². The summed E-state index contributed by atoms with van der Waals surface area (Å²) in [6.07, 6.45) is 7.54. The Morgan fingerprint density at radius 3 is 3.12 bits per heavy atom. The van der Waals surface area contributed by atoms with E-state index >= 15 is 0 Å². The predicted molar refractivity (Wildman–Crippen MR) is 99.7 cm³/mol. The Morgan fingerprint density at radius 2 is 2.28 bits per heavy atom. The van der Waals surface area contributed by atoms with Crippen LogP contribution >= 0.6 is 11.3 Å². The number of hydrogen-bond donors (Lipinski definition) is 1. The number of rotatable bonds is 5. The number of hydrogen-bond acceptors (Lipinski definition) is 7. The minimum absolute atomic E-state index is 0.291. The van der Waals surface area contributed by atoms with E-state index in [4.69, 9.17) is 9.72 Å². The molecule has 0 aliphatic carbocycles. The van der Waals surface area contributed by atoms with Crippen LogP contribution in [0.2, 0.25) is 0 Å². The molecule has 1 saturated heterocycles. The van der Waals surface area contributed by atoms with Crippen molar-refractivity contribution in [2.75, 3.05) is 23.9 Å². The lowest BCUT2D eigenvalue weighted by Gasteiger charge is -2.26. The first-order valence-electron chi connectivity index (χ1n) is 8.22. The zero-order chi connectivity index (χ0) is 17.1. The number of anilines is 3. The monoisotopic (exact) mass is 353 g/mol. The number of ether oxygens (including phenoxy) is 1. The minimum Gasteiger partial charge on any atom is -0.497 e. The molecule has 0 radical (unpaired) electrons. The van der Waals surface area contributed by atoms with Gasteiger partial charge in [0.15, 0.2) is 10.9 Å². The Morgan fingerprint density at radius 1 is 1.32 bits per heavy atom. The molecule has 2 aromatic heterocycles. The third-order valence-corrected chi connectivity index (χ3v) is 5.00. The second-order valence-corrected chi connectivity index (χ2v) is 6.75. The normalized spacial score (nSPS) is 16.8. The zero-order valence-electron chi connectivity index (χ0n) is 13.9. The molecule has 0 bridgehead atoms. The second kappa shape index (κ2) is 7.06. The van der Waals surface area contributed by atoms with Crippen molar-refractivity contribution < 1.29 is 4.74 Å². The molecule has 1 aromatic carbocycles. The van der Waals surface area contributed by atoms with Crippen molar-refractivity contribution >= 4 is 28.1 Å². The van der Waals surface area contributed by atoms with E-state index < -0.39 is 0 Å². The number of nitrogens with one attached hydrogen (secondary N) is 1. The first kappa shape index (κ1) is 15.8. The fourth-order valence-electron chi connectivity index (χ4n) is 3.19. The summed E-state index contributed by atoms with van der Waals surface area (Å²) in [4.78, 5) is 15.6. The van der Waals surface area contributed by atoms with Crippen LogP contribution in [0.3, 0.4) is 0 Å². The molecule has 1 N–H and O–H groups in total. The summed E-state index contributed by atoms with van der Waals surface area (Å²) >= 11 is 1.54. The van der Waals surface area contributed by atoms with Gasteiger partial charge in [-0.15, -0.1) is 11.3 Å². The number of benzene rings is 1. The Bertz CT molecular complexity index is 839. The van der Waals surface area contributed by atoms with E-state index in [2.05, 4.69) is 32.3 Å². The van der Waals surface area contributed by atoms with Crippen molar-refractivity contribution in [3.05, 3.63) is 53.8 Å². The van der Waals surface area contributed by atoms with Crippen LogP contribution in [0, 0.1) is 0 Å². The smallest absolute Gasteiger partial charge is 0.188 e. The van der Waals surface area contributed by atoms with Gasteiger partial charge < -0.3 is 15.0 Å². The number of aromatic nitrogens is 3. The molecule has 4 rings (SSSR count). The summed E-state index contributed by atoms with van der Waals surface area (Å²) < 4.78 is 5.37. The van der Waals surface area contributed by atoms with Crippen molar-refractivity contribution in [2.45, 2.75) is 18.9 Å². The van der Waals surface area contributed by atoms with E-state index in [9.17, 15) is 0 Å². The molecule has 0 amide bonds. The molecule has 3 aromatic rings. The van der Waals surface area contributed by atoms with Gasteiger partial charge in [-0.2, -0.15) is 0 Å². The highest BCUT2D eigenvalue weighted by atomic mass is 32.1. The summed E-state index contributed by atoms with van der Waals surface area (Å²) in [6.45, 7) is 0.970. The van der Waals surface area contributed by atoms with Crippen molar-refractivity contribution in [3.8, 4) is 5.75 Å². The largest absolute Gasteiger partial charge is 0.497 e. The first-order valence-corrected chi connectivity index (χ1v) is 9.10. The third kappa shape index (κ3) is 3.41. The molecule has 1 unspecified atom stereocenters. The van der Waals surface area contributed by atoms with Gasteiger partial charge in [0.2, 0.25) is 0 Å². The van der Waals surface area contributed by atoms with Gasteiger partial charge in [0.05, 0.1) is 25.5 Å². The fourth-order valence-corrected chi connectivity index (χ4v) is 3.72. The minimum atomic E-state index is 0.291. The highest BCUT2D eigenvalue weighted by Gasteiger charge is 2.27. The van der Waals surface area contributed by atoms with Gasteiger partial charge in [-0.25, -0.2) is 9.97 Å². The Balaban J connectivity index is 1.59. The lowest BCUT2D eigenvalue weighted by Crippen LogP contribution is -2.24. The Hall–Kier alpha value is -2.67. The first-order chi connectivity index (χ1) is 12.3. The van der Waals surface area contributed by atoms with Gasteiger partial charge in [-0.3, -0.25) is 4.98 Å². The van der Waals surface area contributed by atoms with Crippen LogP contribution in [0.1, 0.15) is 24.4 Å². The summed E-state index contributed by atoms with van der Waals surface area (Å²) in [7, 11) is 1.70. The lowest BCUT2D eigenvalue weighted by atomic mass is 10.0. The standard InChI is InChI=1S/C18H19N5OS/c1-24-14-5-2-4-13(10-14)15-6-3-8-23(15)17-12-19-11-16(21-17)22-18-20-7-9-25-18/h2,4-5,7,9-12,15H,3,6,8H2,1H3,(H,20,21,22). The molecule has 7 heteroatoms. The summed E-state index contributed by atoms with van der Waals surface area (Å²) in [5, 5.41) is 5.95. The molecule has 0 saturated carbocycles.